The average molecular weight is 490 g/mol. The smallest absolute Gasteiger partial charge is 0.170 e. The predicted molar refractivity (Wildman–Crippen MR) is 150 cm³/mol. The van der Waals surface area contributed by atoms with E-state index < -0.39 is 0 Å². The third kappa shape index (κ3) is 3.22. The first-order chi connectivity index (χ1) is 18.8. The van der Waals surface area contributed by atoms with Gasteiger partial charge >= 0.3 is 0 Å². The minimum absolute atomic E-state index is 0.573. The van der Waals surface area contributed by atoms with Crippen LogP contribution in [0, 0.1) is 0 Å². The molecule has 2 heterocycles. The van der Waals surface area contributed by atoms with Crippen molar-refractivity contribution in [1.29, 1.82) is 0 Å². The summed E-state index contributed by atoms with van der Waals surface area (Å²) in [5, 5.41) is 7.33. The molecule has 6 aromatic carbocycles. The molecule has 8 rings (SSSR count). The minimum Gasteiger partial charge on any atom is -0.450 e. The zero-order chi connectivity index (χ0) is 25.1. The maximum atomic E-state index is 6.08. The fourth-order valence-corrected chi connectivity index (χ4v) is 5.29. The standard InChI is InChI=1S/C33H19N3O2/c1-2-9-24-22(7-1)23-8-3-4-10-25(23)27-17-20(13-15-26(24)27)32-34-19-35-33(36-32)21-14-16-30-31(18-21)38-29-12-6-5-11-28(29)37-30/h1-19H. The molecule has 7 aromatic rings. The van der Waals surface area contributed by atoms with Crippen molar-refractivity contribution in [2.45, 2.75) is 0 Å². The summed E-state index contributed by atoms with van der Waals surface area (Å²) in [4.78, 5) is 13.8. The van der Waals surface area contributed by atoms with E-state index in [1.165, 1.54) is 32.3 Å². The third-order valence-corrected chi connectivity index (χ3v) is 7.07. The molecular weight excluding hydrogens is 470 g/mol. The van der Waals surface area contributed by atoms with E-state index in [2.05, 4.69) is 76.7 Å². The molecule has 1 aliphatic heterocycles. The lowest BCUT2D eigenvalue weighted by molar-refractivity contribution is 0.360. The lowest BCUT2D eigenvalue weighted by Crippen LogP contribution is -2.00. The number of fused-ring (bicyclic) bond motifs is 8. The largest absolute Gasteiger partial charge is 0.450 e. The van der Waals surface area contributed by atoms with Crippen molar-refractivity contribution in [3.05, 3.63) is 116 Å². The highest BCUT2D eigenvalue weighted by Gasteiger charge is 2.19. The van der Waals surface area contributed by atoms with Crippen LogP contribution < -0.4 is 9.47 Å². The molecule has 0 bridgehead atoms. The summed E-state index contributed by atoms with van der Waals surface area (Å²) in [6.45, 7) is 0. The summed E-state index contributed by atoms with van der Waals surface area (Å²) in [5.41, 5.74) is 1.76. The molecule has 0 saturated heterocycles. The lowest BCUT2D eigenvalue weighted by Gasteiger charge is -2.20. The van der Waals surface area contributed by atoms with Gasteiger partial charge in [0.2, 0.25) is 0 Å². The van der Waals surface area contributed by atoms with Crippen LogP contribution >= 0.6 is 0 Å². The Labute approximate surface area is 218 Å². The molecule has 0 spiro atoms. The first kappa shape index (κ1) is 20.9. The Hall–Kier alpha value is -5.29. The first-order valence-corrected chi connectivity index (χ1v) is 12.4. The van der Waals surface area contributed by atoms with Crippen molar-refractivity contribution >= 4 is 32.3 Å². The van der Waals surface area contributed by atoms with Gasteiger partial charge in [-0.25, -0.2) is 15.0 Å². The molecule has 5 nitrogen and oxygen atoms in total. The van der Waals surface area contributed by atoms with Crippen molar-refractivity contribution < 1.29 is 9.47 Å². The molecule has 0 unspecified atom stereocenters. The topological polar surface area (TPSA) is 57.1 Å². The molecule has 0 atom stereocenters. The van der Waals surface area contributed by atoms with Gasteiger partial charge in [-0.1, -0.05) is 72.8 Å². The summed E-state index contributed by atoms with van der Waals surface area (Å²) < 4.78 is 12.1. The van der Waals surface area contributed by atoms with Gasteiger partial charge in [-0.2, -0.15) is 0 Å². The van der Waals surface area contributed by atoms with E-state index >= 15 is 0 Å². The van der Waals surface area contributed by atoms with Crippen molar-refractivity contribution in [2.24, 2.45) is 0 Å². The zero-order valence-corrected chi connectivity index (χ0v) is 20.1. The third-order valence-electron chi connectivity index (χ3n) is 7.07. The highest BCUT2D eigenvalue weighted by molar-refractivity contribution is 6.25. The Bertz CT molecular complexity index is 2020. The summed E-state index contributed by atoms with van der Waals surface area (Å²) in [6, 6.07) is 36.9. The highest BCUT2D eigenvalue weighted by Crippen LogP contribution is 2.46. The molecule has 0 saturated carbocycles. The first-order valence-electron chi connectivity index (χ1n) is 12.4. The van der Waals surface area contributed by atoms with Crippen LogP contribution in [-0.2, 0) is 0 Å². The summed E-state index contributed by atoms with van der Waals surface area (Å²) in [7, 11) is 0. The zero-order valence-electron chi connectivity index (χ0n) is 20.1. The number of benzene rings is 6. The van der Waals surface area contributed by atoms with Crippen molar-refractivity contribution in [3.63, 3.8) is 0 Å². The number of hydrogen-bond acceptors (Lipinski definition) is 5. The van der Waals surface area contributed by atoms with E-state index in [0.29, 0.717) is 34.6 Å². The number of rotatable bonds is 2. The molecule has 178 valence electrons. The van der Waals surface area contributed by atoms with Gasteiger partial charge in [0.25, 0.3) is 0 Å². The Balaban J connectivity index is 1.24. The molecule has 0 N–H and O–H groups in total. The number of para-hydroxylation sites is 2. The van der Waals surface area contributed by atoms with Crippen LogP contribution in [0.3, 0.4) is 0 Å². The monoisotopic (exact) mass is 489 g/mol. The summed E-state index contributed by atoms with van der Waals surface area (Å²) in [5.74, 6) is 3.87. The molecular formula is C33H19N3O2. The second-order valence-corrected chi connectivity index (χ2v) is 9.30. The van der Waals surface area contributed by atoms with Gasteiger partial charge in [0, 0.05) is 11.1 Å². The van der Waals surface area contributed by atoms with Gasteiger partial charge in [0.1, 0.15) is 6.33 Å². The van der Waals surface area contributed by atoms with Crippen LogP contribution in [0.25, 0.3) is 55.1 Å². The molecule has 5 heteroatoms. The summed E-state index contributed by atoms with van der Waals surface area (Å²) in [6.07, 6.45) is 1.56. The maximum absolute atomic E-state index is 6.08. The molecule has 0 aliphatic carbocycles. The van der Waals surface area contributed by atoms with Crippen molar-refractivity contribution in [1.82, 2.24) is 15.0 Å². The molecule has 38 heavy (non-hydrogen) atoms. The Morgan fingerprint density at radius 1 is 0.395 bits per heavy atom. The van der Waals surface area contributed by atoms with E-state index in [1.807, 2.05) is 42.5 Å². The second kappa shape index (κ2) is 8.11. The van der Waals surface area contributed by atoms with E-state index in [-0.39, 0.29) is 0 Å². The van der Waals surface area contributed by atoms with E-state index in [1.54, 1.807) is 6.33 Å². The van der Waals surface area contributed by atoms with Crippen LogP contribution in [0.4, 0.5) is 0 Å². The fourth-order valence-electron chi connectivity index (χ4n) is 5.29. The molecule has 1 aliphatic rings. The van der Waals surface area contributed by atoms with Crippen LogP contribution in [0.2, 0.25) is 0 Å². The lowest BCUT2D eigenvalue weighted by atomic mass is 9.93. The molecule has 1 aromatic heterocycles. The van der Waals surface area contributed by atoms with E-state index in [0.717, 1.165) is 11.1 Å². The van der Waals surface area contributed by atoms with Gasteiger partial charge < -0.3 is 9.47 Å². The maximum Gasteiger partial charge on any atom is 0.170 e. The van der Waals surface area contributed by atoms with Crippen LogP contribution in [0.15, 0.2) is 116 Å². The number of ether oxygens (including phenoxy) is 2. The Morgan fingerprint density at radius 2 is 0.868 bits per heavy atom. The normalized spacial score (nSPS) is 12.1. The quantitative estimate of drug-likeness (QED) is 0.228. The summed E-state index contributed by atoms with van der Waals surface area (Å²) >= 11 is 0. The van der Waals surface area contributed by atoms with Crippen LogP contribution in [0.1, 0.15) is 0 Å². The Kier molecular flexibility index (Phi) is 4.45. The SMILES string of the molecule is c1ccc2c(c1)Oc1ccc(-c3ncnc(-c4ccc5c6ccccc6c6ccccc6c5c4)n3)cc1O2. The molecule has 0 radical (unpaired) electrons. The highest BCUT2D eigenvalue weighted by atomic mass is 16.6. The average Bonchev–Trinajstić information content (AvgIpc) is 2.99. The van der Waals surface area contributed by atoms with Crippen LogP contribution in [-0.4, -0.2) is 15.0 Å². The Morgan fingerprint density at radius 3 is 1.53 bits per heavy atom. The molecule has 0 fully saturated rings. The number of aromatic nitrogens is 3. The van der Waals surface area contributed by atoms with Crippen molar-refractivity contribution in [3.8, 4) is 45.8 Å². The van der Waals surface area contributed by atoms with E-state index in [4.69, 9.17) is 14.5 Å². The van der Waals surface area contributed by atoms with Gasteiger partial charge in [-0.3, -0.25) is 0 Å². The molecule has 0 amide bonds. The fraction of sp³-hybridized carbons (Fsp3) is 0. The van der Waals surface area contributed by atoms with Gasteiger partial charge in [0.15, 0.2) is 34.6 Å². The van der Waals surface area contributed by atoms with Crippen LogP contribution in [0.5, 0.6) is 23.0 Å². The van der Waals surface area contributed by atoms with Gasteiger partial charge in [0.05, 0.1) is 0 Å². The van der Waals surface area contributed by atoms with Gasteiger partial charge in [-0.15, -0.1) is 0 Å². The number of hydrogen-bond donors (Lipinski definition) is 0. The minimum atomic E-state index is 0.573. The van der Waals surface area contributed by atoms with Crippen molar-refractivity contribution in [2.75, 3.05) is 0 Å². The predicted octanol–water partition coefficient (Wildman–Crippen LogP) is 8.56. The second-order valence-electron chi connectivity index (χ2n) is 9.30. The van der Waals surface area contributed by atoms with Gasteiger partial charge in [-0.05, 0) is 68.7 Å². The van der Waals surface area contributed by atoms with E-state index in [9.17, 15) is 0 Å². The number of nitrogens with zero attached hydrogens (tertiary/aromatic N) is 3.